The Bertz CT molecular complexity index is 365. The summed E-state index contributed by atoms with van der Waals surface area (Å²) in [7, 11) is -3.28. The van der Waals surface area contributed by atoms with Gasteiger partial charge in [0.2, 0.25) is 10.0 Å². The van der Waals surface area contributed by atoms with Gasteiger partial charge in [0.05, 0.1) is 12.0 Å². The Morgan fingerprint density at radius 3 is 2.58 bits per heavy atom. The molecule has 0 aromatic heterocycles. The molecular formula is C7H8ClNO2S. The van der Waals surface area contributed by atoms with E-state index < -0.39 is 10.0 Å². The summed E-state index contributed by atoms with van der Waals surface area (Å²) in [5, 5.41) is 0.613. The number of rotatable bonds is 1. The largest absolute Gasteiger partial charge is 0.250 e. The van der Waals surface area contributed by atoms with Crippen molar-refractivity contribution >= 4 is 27.3 Å². The molecule has 0 spiro atoms. The lowest BCUT2D eigenvalue weighted by molar-refractivity contribution is 0.603. The maximum atomic E-state index is 10.7. The monoisotopic (exact) mass is 205 g/mol. The van der Waals surface area contributed by atoms with Gasteiger partial charge in [-0.25, -0.2) is 8.42 Å². The Labute approximate surface area is 76.5 Å². The molecule has 0 unspecified atom stereocenters. The number of nitrogens with zero attached hydrogens (tertiary/aromatic N) is 1. The Morgan fingerprint density at radius 1 is 1.50 bits per heavy atom. The zero-order valence-electron chi connectivity index (χ0n) is 6.49. The first-order valence-corrected chi connectivity index (χ1v) is 5.52. The second-order valence-electron chi connectivity index (χ2n) is 2.44. The predicted molar refractivity (Wildman–Crippen MR) is 50.0 cm³/mol. The molecule has 12 heavy (non-hydrogen) atoms. The summed E-state index contributed by atoms with van der Waals surface area (Å²) >= 11 is 5.62. The lowest BCUT2D eigenvalue weighted by Crippen LogP contribution is -2.01. The number of hydrogen-bond acceptors (Lipinski definition) is 2. The van der Waals surface area contributed by atoms with E-state index in [2.05, 4.69) is 4.40 Å². The van der Waals surface area contributed by atoms with Crippen molar-refractivity contribution in [2.24, 2.45) is 4.40 Å². The van der Waals surface area contributed by atoms with Gasteiger partial charge in [-0.05, 0) is 12.2 Å². The second kappa shape index (κ2) is 3.41. The molecule has 0 aromatic carbocycles. The minimum Gasteiger partial charge on any atom is -0.205 e. The SMILES string of the molecule is CS(=O)(=O)N=C1C=CC(Cl)=CC1. The molecule has 0 aliphatic heterocycles. The Hall–Kier alpha value is -0.610. The Kier molecular flexibility index (Phi) is 2.69. The van der Waals surface area contributed by atoms with Crippen LogP contribution in [0.1, 0.15) is 6.42 Å². The van der Waals surface area contributed by atoms with Crippen molar-refractivity contribution in [1.29, 1.82) is 0 Å². The number of sulfonamides is 1. The van der Waals surface area contributed by atoms with Crippen LogP contribution >= 0.6 is 11.6 Å². The second-order valence-corrected chi connectivity index (χ2v) is 4.53. The third kappa shape index (κ3) is 3.19. The molecule has 0 saturated heterocycles. The van der Waals surface area contributed by atoms with Crippen molar-refractivity contribution in [3.8, 4) is 0 Å². The maximum Gasteiger partial charge on any atom is 0.250 e. The van der Waals surface area contributed by atoms with E-state index in [9.17, 15) is 8.42 Å². The van der Waals surface area contributed by atoms with Crippen LogP contribution in [0.25, 0.3) is 0 Å². The van der Waals surface area contributed by atoms with Gasteiger partial charge in [-0.1, -0.05) is 17.7 Å². The average molecular weight is 206 g/mol. The maximum absolute atomic E-state index is 10.7. The van der Waals surface area contributed by atoms with Crippen molar-refractivity contribution in [2.45, 2.75) is 6.42 Å². The molecule has 0 radical (unpaired) electrons. The van der Waals surface area contributed by atoms with Crippen molar-refractivity contribution < 1.29 is 8.42 Å². The molecule has 0 atom stereocenters. The smallest absolute Gasteiger partial charge is 0.205 e. The van der Waals surface area contributed by atoms with Gasteiger partial charge in [0.25, 0.3) is 0 Å². The summed E-state index contributed by atoms with van der Waals surface area (Å²) in [6.45, 7) is 0. The number of allylic oxidation sites excluding steroid dienone is 4. The van der Waals surface area contributed by atoms with Crippen LogP contribution in [-0.2, 0) is 10.0 Å². The first kappa shape index (κ1) is 9.48. The van der Waals surface area contributed by atoms with Crippen LogP contribution in [0.15, 0.2) is 27.7 Å². The van der Waals surface area contributed by atoms with Crippen molar-refractivity contribution in [2.75, 3.05) is 6.26 Å². The zero-order chi connectivity index (χ0) is 9.19. The number of halogens is 1. The minimum absolute atomic E-state index is 0.475. The lowest BCUT2D eigenvalue weighted by atomic mass is 10.2. The quantitative estimate of drug-likeness (QED) is 0.651. The van der Waals surface area contributed by atoms with Gasteiger partial charge in [0, 0.05) is 11.5 Å². The molecule has 1 rings (SSSR count). The molecule has 66 valence electrons. The van der Waals surface area contributed by atoms with E-state index in [1.54, 1.807) is 18.2 Å². The molecule has 0 fully saturated rings. The highest BCUT2D eigenvalue weighted by Crippen LogP contribution is 2.12. The van der Waals surface area contributed by atoms with Gasteiger partial charge >= 0.3 is 0 Å². The summed E-state index contributed by atoms with van der Waals surface area (Å²) in [6, 6.07) is 0. The Balaban J connectivity index is 2.85. The minimum atomic E-state index is -3.28. The van der Waals surface area contributed by atoms with E-state index >= 15 is 0 Å². The highest BCUT2D eigenvalue weighted by atomic mass is 35.5. The molecule has 0 saturated carbocycles. The molecule has 1 aliphatic carbocycles. The molecule has 0 aromatic rings. The van der Waals surface area contributed by atoms with Crippen molar-refractivity contribution in [3.05, 3.63) is 23.3 Å². The molecule has 1 aliphatic rings. The van der Waals surface area contributed by atoms with Gasteiger partial charge < -0.3 is 0 Å². The van der Waals surface area contributed by atoms with Gasteiger partial charge in [0.15, 0.2) is 0 Å². The fourth-order valence-electron chi connectivity index (χ4n) is 0.795. The van der Waals surface area contributed by atoms with Crippen LogP contribution in [0.5, 0.6) is 0 Å². The van der Waals surface area contributed by atoms with E-state index in [1.165, 1.54) is 0 Å². The molecule has 0 bridgehead atoms. The van der Waals surface area contributed by atoms with Crippen LogP contribution < -0.4 is 0 Å². The zero-order valence-corrected chi connectivity index (χ0v) is 8.06. The van der Waals surface area contributed by atoms with E-state index in [-0.39, 0.29) is 0 Å². The molecule has 5 heteroatoms. The van der Waals surface area contributed by atoms with Crippen LogP contribution in [-0.4, -0.2) is 20.4 Å². The standard InChI is InChI=1S/C7H8ClNO2S/c1-12(10,11)9-7-4-2-6(8)3-5-7/h2-4H,5H2,1H3. The molecule has 0 N–H and O–H groups in total. The van der Waals surface area contributed by atoms with Gasteiger partial charge in [0.1, 0.15) is 0 Å². The van der Waals surface area contributed by atoms with Crippen molar-refractivity contribution in [3.63, 3.8) is 0 Å². The third-order valence-corrected chi connectivity index (χ3v) is 2.07. The summed E-state index contributed by atoms with van der Waals surface area (Å²) in [5.41, 5.74) is 0.516. The van der Waals surface area contributed by atoms with E-state index in [4.69, 9.17) is 11.6 Å². The fraction of sp³-hybridized carbons (Fsp3) is 0.286. The molecule has 0 heterocycles. The van der Waals surface area contributed by atoms with Gasteiger partial charge in [-0.15, -0.1) is 0 Å². The predicted octanol–water partition coefficient (Wildman–Crippen LogP) is 1.47. The average Bonchev–Trinajstić information content (AvgIpc) is 1.91. The summed E-state index contributed by atoms with van der Waals surface area (Å²) in [6.07, 6.45) is 6.47. The van der Waals surface area contributed by atoms with Gasteiger partial charge in [-0.3, -0.25) is 0 Å². The lowest BCUT2D eigenvalue weighted by Gasteiger charge is -2.01. The summed E-state index contributed by atoms with van der Waals surface area (Å²) in [4.78, 5) is 0. The third-order valence-electron chi connectivity index (χ3n) is 1.22. The van der Waals surface area contributed by atoms with Crippen LogP contribution in [0, 0.1) is 0 Å². The molecule has 3 nitrogen and oxygen atoms in total. The number of hydrogen-bond donors (Lipinski definition) is 0. The molecular weight excluding hydrogens is 198 g/mol. The van der Waals surface area contributed by atoms with E-state index in [0.717, 1.165) is 6.26 Å². The van der Waals surface area contributed by atoms with Crippen LogP contribution in [0.4, 0.5) is 0 Å². The van der Waals surface area contributed by atoms with Crippen LogP contribution in [0.3, 0.4) is 0 Å². The first-order valence-electron chi connectivity index (χ1n) is 3.30. The fourth-order valence-corrected chi connectivity index (χ4v) is 1.50. The highest BCUT2D eigenvalue weighted by Gasteiger charge is 2.03. The normalized spacial score (nSPS) is 21.2. The van der Waals surface area contributed by atoms with Crippen LogP contribution in [0.2, 0.25) is 0 Å². The Morgan fingerprint density at radius 2 is 2.17 bits per heavy atom. The first-order chi connectivity index (χ1) is 5.47. The highest BCUT2D eigenvalue weighted by molar-refractivity contribution is 7.89. The van der Waals surface area contributed by atoms with E-state index in [1.807, 2.05) is 0 Å². The van der Waals surface area contributed by atoms with E-state index in [0.29, 0.717) is 17.2 Å². The molecule has 0 amide bonds. The topological polar surface area (TPSA) is 46.5 Å². The van der Waals surface area contributed by atoms with Crippen molar-refractivity contribution in [1.82, 2.24) is 0 Å². The van der Waals surface area contributed by atoms with Gasteiger partial charge in [-0.2, -0.15) is 4.40 Å². The summed E-state index contributed by atoms with van der Waals surface area (Å²) in [5.74, 6) is 0. The summed E-state index contributed by atoms with van der Waals surface area (Å²) < 4.78 is 24.9.